The standard InChI is InChI=1S/C13H16N4/c1-17(2)13-12(6-4-8-15-13)16-10-11-5-3-7-14-9-11/h3-9,16H,10H2,1-2H3. The number of rotatable bonds is 4. The minimum Gasteiger partial charge on any atom is -0.378 e. The lowest BCUT2D eigenvalue weighted by Gasteiger charge is -2.16. The fourth-order valence-corrected chi connectivity index (χ4v) is 1.59. The Bertz CT molecular complexity index is 468. The minimum atomic E-state index is 0.750. The van der Waals surface area contributed by atoms with Crippen molar-refractivity contribution in [3.63, 3.8) is 0 Å². The Morgan fingerprint density at radius 2 is 2.00 bits per heavy atom. The monoisotopic (exact) mass is 228 g/mol. The first-order valence-corrected chi connectivity index (χ1v) is 5.52. The van der Waals surface area contributed by atoms with Crippen molar-refractivity contribution in [2.75, 3.05) is 24.3 Å². The zero-order valence-corrected chi connectivity index (χ0v) is 10.1. The molecule has 4 heteroatoms. The summed E-state index contributed by atoms with van der Waals surface area (Å²) in [4.78, 5) is 10.4. The van der Waals surface area contributed by atoms with Crippen molar-refractivity contribution in [2.45, 2.75) is 6.54 Å². The second-order valence-corrected chi connectivity index (χ2v) is 3.98. The summed E-state index contributed by atoms with van der Waals surface area (Å²) in [6.45, 7) is 0.750. The SMILES string of the molecule is CN(C)c1ncccc1NCc1cccnc1. The van der Waals surface area contributed by atoms with Crippen molar-refractivity contribution in [1.29, 1.82) is 0 Å². The molecule has 0 radical (unpaired) electrons. The minimum absolute atomic E-state index is 0.750. The largest absolute Gasteiger partial charge is 0.378 e. The quantitative estimate of drug-likeness (QED) is 0.870. The molecule has 0 saturated carbocycles. The molecular weight excluding hydrogens is 212 g/mol. The molecule has 0 spiro atoms. The summed E-state index contributed by atoms with van der Waals surface area (Å²) in [5, 5.41) is 3.37. The summed E-state index contributed by atoms with van der Waals surface area (Å²) in [5.74, 6) is 0.941. The van der Waals surface area contributed by atoms with E-state index in [9.17, 15) is 0 Å². The van der Waals surface area contributed by atoms with E-state index in [1.54, 1.807) is 12.4 Å². The molecule has 0 unspecified atom stereocenters. The van der Waals surface area contributed by atoms with Crippen LogP contribution in [0.3, 0.4) is 0 Å². The second kappa shape index (κ2) is 5.30. The molecule has 88 valence electrons. The highest BCUT2D eigenvalue weighted by atomic mass is 15.2. The van der Waals surface area contributed by atoms with Gasteiger partial charge in [0.2, 0.25) is 0 Å². The average molecular weight is 228 g/mol. The van der Waals surface area contributed by atoms with Crippen molar-refractivity contribution in [2.24, 2.45) is 0 Å². The fraction of sp³-hybridized carbons (Fsp3) is 0.231. The third-order valence-electron chi connectivity index (χ3n) is 2.42. The Morgan fingerprint density at radius 3 is 2.71 bits per heavy atom. The van der Waals surface area contributed by atoms with E-state index in [0.717, 1.165) is 23.6 Å². The van der Waals surface area contributed by atoms with Gasteiger partial charge in [-0.15, -0.1) is 0 Å². The number of pyridine rings is 2. The molecule has 0 saturated heterocycles. The van der Waals surface area contributed by atoms with Gasteiger partial charge in [0.15, 0.2) is 5.82 Å². The summed E-state index contributed by atoms with van der Waals surface area (Å²) in [6, 6.07) is 7.94. The summed E-state index contributed by atoms with van der Waals surface area (Å²) in [7, 11) is 3.97. The van der Waals surface area contributed by atoms with Gasteiger partial charge in [0.05, 0.1) is 5.69 Å². The van der Waals surface area contributed by atoms with Crippen LogP contribution in [0.4, 0.5) is 11.5 Å². The van der Waals surface area contributed by atoms with Crippen molar-refractivity contribution < 1.29 is 0 Å². The molecule has 2 rings (SSSR count). The van der Waals surface area contributed by atoms with Crippen molar-refractivity contribution in [3.8, 4) is 0 Å². The predicted octanol–water partition coefficient (Wildman–Crippen LogP) is 2.15. The van der Waals surface area contributed by atoms with Gasteiger partial charge in [0.1, 0.15) is 0 Å². The first kappa shape index (κ1) is 11.4. The molecule has 0 amide bonds. The van der Waals surface area contributed by atoms with Crippen LogP contribution in [-0.2, 0) is 6.54 Å². The number of anilines is 2. The van der Waals surface area contributed by atoms with E-state index in [2.05, 4.69) is 15.3 Å². The number of hydrogen-bond donors (Lipinski definition) is 1. The fourth-order valence-electron chi connectivity index (χ4n) is 1.59. The third-order valence-corrected chi connectivity index (χ3v) is 2.42. The number of hydrogen-bond acceptors (Lipinski definition) is 4. The van der Waals surface area contributed by atoms with Gasteiger partial charge in [-0.25, -0.2) is 4.98 Å². The van der Waals surface area contributed by atoms with E-state index in [4.69, 9.17) is 0 Å². The van der Waals surface area contributed by atoms with Crippen molar-refractivity contribution in [1.82, 2.24) is 9.97 Å². The van der Waals surface area contributed by atoms with Crippen LogP contribution in [0.25, 0.3) is 0 Å². The third kappa shape index (κ3) is 2.93. The highest BCUT2D eigenvalue weighted by molar-refractivity contribution is 5.64. The summed E-state index contributed by atoms with van der Waals surface area (Å²) >= 11 is 0. The van der Waals surface area contributed by atoms with E-state index >= 15 is 0 Å². The second-order valence-electron chi connectivity index (χ2n) is 3.98. The maximum Gasteiger partial charge on any atom is 0.151 e. The lowest BCUT2D eigenvalue weighted by atomic mass is 10.2. The van der Waals surface area contributed by atoms with Gasteiger partial charge in [0, 0.05) is 39.2 Å². The Balaban J connectivity index is 2.09. The maximum absolute atomic E-state index is 4.34. The molecule has 0 fully saturated rings. The predicted molar refractivity (Wildman–Crippen MR) is 70.1 cm³/mol. The smallest absolute Gasteiger partial charge is 0.151 e. The Labute approximate surface area is 101 Å². The lowest BCUT2D eigenvalue weighted by Crippen LogP contribution is -2.13. The Morgan fingerprint density at radius 1 is 1.18 bits per heavy atom. The highest BCUT2D eigenvalue weighted by Crippen LogP contribution is 2.20. The molecular formula is C13H16N4. The van der Waals surface area contributed by atoms with Crippen LogP contribution in [0, 0.1) is 0 Å². The zero-order chi connectivity index (χ0) is 12.1. The summed E-state index contributed by atoms with van der Waals surface area (Å²) in [5.41, 5.74) is 2.18. The van der Waals surface area contributed by atoms with E-state index in [0.29, 0.717) is 0 Å². The molecule has 2 heterocycles. The normalized spacial score (nSPS) is 10.0. The molecule has 0 aliphatic heterocycles. The number of nitrogens with one attached hydrogen (secondary N) is 1. The average Bonchev–Trinajstić information content (AvgIpc) is 2.38. The van der Waals surface area contributed by atoms with Crippen LogP contribution >= 0.6 is 0 Å². The number of aromatic nitrogens is 2. The highest BCUT2D eigenvalue weighted by Gasteiger charge is 2.04. The molecule has 0 aromatic carbocycles. The maximum atomic E-state index is 4.34. The van der Waals surface area contributed by atoms with Crippen LogP contribution in [0.15, 0.2) is 42.9 Å². The molecule has 2 aromatic rings. The van der Waals surface area contributed by atoms with Gasteiger partial charge in [-0.1, -0.05) is 6.07 Å². The van der Waals surface area contributed by atoms with Gasteiger partial charge in [0.25, 0.3) is 0 Å². The van der Waals surface area contributed by atoms with Gasteiger partial charge in [-0.3, -0.25) is 4.98 Å². The summed E-state index contributed by atoms with van der Waals surface area (Å²) in [6.07, 6.45) is 5.43. The van der Waals surface area contributed by atoms with E-state index < -0.39 is 0 Å². The first-order valence-electron chi connectivity index (χ1n) is 5.52. The lowest BCUT2D eigenvalue weighted by molar-refractivity contribution is 1.05. The van der Waals surface area contributed by atoms with Crippen LogP contribution in [0.1, 0.15) is 5.56 Å². The molecule has 0 bridgehead atoms. The molecule has 17 heavy (non-hydrogen) atoms. The van der Waals surface area contributed by atoms with Crippen molar-refractivity contribution >= 4 is 11.5 Å². The molecule has 4 nitrogen and oxygen atoms in total. The van der Waals surface area contributed by atoms with E-state index in [1.807, 2.05) is 49.5 Å². The van der Waals surface area contributed by atoms with Crippen LogP contribution in [0.5, 0.6) is 0 Å². The van der Waals surface area contributed by atoms with Gasteiger partial charge in [-0.05, 0) is 23.8 Å². The van der Waals surface area contributed by atoms with Crippen LogP contribution in [0.2, 0.25) is 0 Å². The first-order chi connectivity index (χ1) is 8.27. The summed E-state index contributed by atoms with van der Waals surface area (Å²) < 4.78 is 0. The van der Waals surface area contributed by atoms with Crippen molar-refractivity contribution in [3.05, 3.63) is 48.4 Å². The molecule has 1 N–H and O–H groups in total. The molecule has 0 atom stereocenters. The molecule has 2 aromatic heterocycles. The van der Waals surface area contributed by atoms with Gasteiger partial charge < -0.3 is 10.2 Å². The van der Waals surface area contributed by atoms with E-state index in [-0.39, 0.29) is 0 Å². The van der Waals surface area contributed by atoms with E-state index in [1.165, 1.54) is 0 Å². The van der Waals surface area contributed by atoms with Gasteiger partial charge >= 0.3 is 0 Å². The Kier molecular flexibility index (Phi) is 3.55. The number of nitrogens with zero attached hydrogens (tertiary/aromatic N) is 3. The topological polar surface area (TPSA) is 41.1 Å². The zero-order valence-electron chi connectivity index (χ0n) is 10.1. The van der Waals surface area contributed by atoms with Crippen LogP contribution < -0.4 is 10.2 Å². The van der Waals surface area contributed by atoms with Gasteiger partial charge in [-0.2, -0.15) is 0 Å². The van der Waals surface area contributed by atoms with Crippen LogP contribution in [-0.4, -0.2) is 24.1 Å². The Hall–Kier alpha value is -2.10. The molecule has 0 aliphatic rings. The molecule has 0 aliphatic carbocycles.